The van der Waals surface area contributed by atoms with Crippen molar-refractivity contribution < 1.29 is 24.3 Å². The topological polar surface area (TPSA) is 179 Å². The number of aromatic nitrogens is 2. The van der Waals surface area contributed by atoms with Crippen molar-refractivity contribution in [3.63, 3.8) is 0 Å². The Bertz CT molecular complexity index is 712. The average molecular weight is 443 g/mol. The second-order valence-electron chi connectivity index (χ2n) is 7.08. The van der Waals surface area contributed by atoms with Crippen molar-refractivity contribution in [2.45, 2.75) is 44.8 Å². The summed E-state index contributed by atoms with van der Waals surface area (Å²) < 4.78 is 0. The highest BCUT2D eigenvalue weighted by molar-refractivity contribution is 7.98. The number of carboxylic acids is 1. The van der Waals surface area contributed by atoms with Crippen molar-refractivity contribution in [2.75, 3.05) is 18.6 Å². The van der Waals surface area contributed by atoms with Gasteiger partial charge in [0.25, 0.3) is 0 Å². The Hall–Kier alpha value is -2.60. The maximum absolute atomic E-state index is 12.6. The third kappa shape index (κ3) is 8.82. The minimum Gasteiger partial charge on any atom is -0.480 e. The highest BCUT2D eigenvalue weighted by Gasteiger charge is 2.26. The number of aromatic amines is 1. The van der Waals surface area contributed by atoms with E-state index in [0.717, 1.165) is 0 Å². The number of aliphatic carboxylic acids is 1. The third-order valence-corrected chi connectivity index (χ3v) is 4.90. The summed E-state index contributed by atoms with van der Waals surface area (Å²) in [5.41, 5.74) is 6.48. The molecule has 0 saturated carbocycles. The molecule has 0 aliphatic carbocycles. The van der Waals surface area contributed by atoms with Gasteiger partial charge in [-0.25, -0.2) is 9.78 Å². The van der Waals surface area contributed by atoms with Gasteiger partial charge in [-0.1, -0.05) is 13.8 Å². The number of carbonyl (C=O) groups excluding carboxylic acids is 3. The zero-order valence-corrected chi connectivity index (χ0v) is 18.1. The molecule has 0 spiro atoms. The quantitative estimate of drug-likeness (QED) is 0.222. The molecule has 3 amide bonds. The van der Waals surface area contributed by atoms with Gasteiger partial charge in [0.2, 0.25) is 17.7 Å². The Morgan fingerprint density at radius 3 is 2.47 bits per heavy atom. The fraction of sp³-hybridized carbons (Fsp3) is 0.611. The molecule has 0 radical (unpaired) electrons. The van der Waals surface area contributed by atoms with Gasteiger partial charge in [0, 0.05) is 18.3 Å². The summed E-state index contributed by atoms with van der Waals surface area (Å²) in [7, 11) is 0. The molecular weight excluding hydrogens is 412 g/mol. The molecule has 30 heavy (non-hydrogen) atoms. The van der Waals surface area contributed by atoms with Crippen LogP contribution in [0.4, 0.5) is 0 Å². The van der Waals surface area contributed by atoms with Crippen molar-refractivity contribution >= 4 is 35.5 Å². The highest BCUT2D eigenvalue weighted by atomic mass is 32.2. The van der Waals surface area contributed by atoms with E-state index in [-0.39, 0.29) is 12.3 Å². The molecule has 11 nitrogen and oxygen atoms in total. The smallest absolute Gasteiger partial charge is 0.326 e. The number of nitrogens with two attached hydrogens (primary N) is 1. The van der Waals surface area contributed by atoms with Crippen molar-refractivity contribution in [1.29, 1.82) is 0 Å². The standard InChI is InChI=1S/C18H30N6O5S/c1-10(2)15(18(28)29)24-14(25)8-21-17(27)13(6-11-7-20-9-22-11)23-16(26)12(19)4-5-30-3/h7,9-10,12-13,15H,4-6,8,19H2,1-3H3,(H,20,22)(H,21,27)(H,23,26)(H,24,25)(H,28,29). The molecule has 3 unspecified atom stereocenters. The highest BCUT2D eigenvalue weighted by Crippen LogP contribution is 2.03. The molecule has 0 fully saturated rings. The minimum atomic E-state index is -1.16. The lowest BCUT2D eigenvalue weighted by molar-refractivity contribution is -0.143. The Morgan fingerprint density at radius 2 is 1.93 bits per heavy atom. The Kier molecular flexibility index (Phi) is 10.9. The molecular formula is C18H30N6O5S. The summed E-state index contributed by atoms with van der Waals surface area (Å²) >= 11 is 1.56. The maximum Gasteiger partial charge on any atom is 0.326 e. The van der Waals surface area contributed by atoms with Gasteiger partial charge in [-0.05, 0) is 24.3 Å². The second-order valence-corrected chi connectivity index (χ2v) is 8.06. The normalized spacial score (nSPS) is 13.9. The van der Waals surface area contributed by atoms with Gasteiger partial charge in [0.05, 0.1) is 18.9 Å². The molecule has 0 aromatic carbocycles. The monoisotopic (exact) mass is 442 g/mol. The van der Waals surface area contributed by atoms with E-state index in [9.17, 15) is 19.2 Å². The summed E-state index contributed by atoms with van der Waals surface area (Å²) in [5.74, 6) is -2.49. The van der Waals surface area contributed by atoms with E-state index in [1.165, 1.54) is 12.5 Å². The van der Waals surface area contributed by atoms with Crippen LogP contribution in [0, 0.1) is 5.92 Å². The molecule has 1 aromatic heterocycles. The summed E-state index contributed by atoms with van der Waals surface area (Å²) in [6, 6.07) is -2.81. The number of carbonyl (C=O) groups is 4. The molecule has 1 rings (SSSR count). The van der Waals surface area contributed by atoms with E-state index < -0.39 is 48.4 Å². The Labute approximate surface area is 179 Å². The molecule has 7 N–H and O–H groups in total. The van der Waals surface area contributed by atoms with Gasteiger partial charge in [-0.15, -0.1) is 0 Å². The van der Waals surface area contributed by atoms with Crippen LogP contribution in [0.1, 0.15) is 26.0 Å². The lowest BCUT2D eigenvalue weighted by Gasteiger charge is -2.21. The van der Waals surface area contributed by atoms with Crippen LogP contribution < -0.4 is 21.7 Å². The number of H-pyrrole nitrogens is 1. The second kappa shape index (κ2) is 12.9. The molecule has 0 saturated heterocycles. The molecule has 0 bridgehead atoms. The molecule has 1 heterocycles. The molecule has 3 atom stereocenters. The van der Waals surface area contributed by atoms with Gasteiger partial charge < -0.3 is 31.8 Å². The molecule has 0 aliphatic heterocycles. The third-order valence-electron chi connectivity index (χ3n) is 4.25. The van der Waals surface area contributed by atoms with Crippen LogP contribution in [-0.2, 0) is 25.6 Å². The number of hydrogen-bond donors (Lipinski definition) is 6. The molecule has 0 aliphatic rings. The summed E-state index contributed by atoms with van der Waals surface area (Å²) in [6.07, 6.45) is 5.45. The number of thioether (sulfide) groups is 1. The van der Waals surface area contributed by atoms with Crippen LogP contribution in [0.5, 0.6) is 0 Å². The van der Waals surface area contributed by atoms with E-state index in [0.29, 0.717) is 17.9 Å². The fourth-order valence-corrected chi connectivity index (χ4v) is 3.00. The zero-order chi connectivity index (χ0) is 22.7. The Balaban J connectivity index is 2.71. The maximum atomic E-state index is 12.6. The van der Waals surface area contributed by atoms with Gasteiger partial charge >= 0.3 is 5.97 Å². The Morgan fingerprint density at radius 1 is 1.23 bits per heavy atom. The zero-order valence-electron chi connectivity index (χ0n) is 17.3. The fourth-order valence-electron chi connectivity index (χ4n) is 2.51. The van der Waals surface area contributed by atoms with Crippen LogP contribution >= 0.6 is 11.8 Å². The summed E-state index contributed by atoms with van der Waals surface area (Å²) in [6.45, 7) is 2.89. The van der Waals surface area contributed by atoms with E-state index in [1.54, 1.807) is 25.6 Å². The van der Waals surface area contributed by atoms with Crippen molar-refractivity contribution in [2.24, 2.45) is 11.7 Å². The number of nitrogens with zero attached hydrogens (tertiary/aromatic N) is 1. The van der Waals surface area contributed by atoms with Gasteiger partial charge in [0.1, 0.15) is 12.1 Å². The first-order valence-corrected chi connectivity index (χ1v) is 10.9. The minimum absolute atomic E-state index is 0.123. The lowest BCUT2D eigenvalue weighted by Crippen LogP contribution is -2.54. The van der Waals surface area contributed by atoms with Crippen LogP contribution in [0.2, 0.25) is 0 Å². The van der Waals surface area contributed by atoms with E-state index in [2.05, 4.69) is 25.9 Å². The van der Waals surface area contributed by atoms with Crippen LogP contribution in [0.25, 0.3) is 0 Å². The predicted octanol–water partition coefficient (Wildman–Crippen LogP) is -1.14. The summed E-state index contributed by atoms with van der Waals surface area (Å²) in [5, 5.41) is 16.5. The van der Waals surface area contributed by atoms with Crippen LogP contribution in [0.3, 0.4) is 0 Å². The SMILES string of the molecule is CSCCC(N)C(=O)NC(Cc1cnc[nH]1)C(=O)NCC(=O)NC(C(=O)O)C(C)C. The first-order valence-electron chi connectivity index (χ1n) is 9.47. The van der Waals surface area contributed by atoms with E-state index >= 15 is 0 Å². The van der Waals surface area contributed by atoms with Crippen molar-refractivity contribution in [3.8, 4) is 0 Å². The number of carboxylic acid groups (broad SMARTS) is 1. The summed E-state index contributed by atoms with van der Waals surface area (Å²) in [4.78, 5) is 54.9. The predicted molar refractivity (Wildman–Crippen MR) is 113 cm³/mol. The van der Waals surface area contributed by atoms with Crippen molar-refractivity contribution in [1.82, 2.24) is 25.9 Å². The first kappa shape index (κ1) is 25.4. The number of rotatable bonds is 13. The van der Waals surface area contributed by atoms with Gasteiger partial charge in [0.15, 0.2) is 0 Å². The number of nitrogens with one attached hydrogen (secondary N) is 4. The first-order chi connectivity index (χ1) is 14.1. The molecule has 1 aromatic rings. The number of imidazole rings is 1. The molecule has 12 heteroatoms. The lowest BCUT2D eigenvalue weighted by atomic mass is 10.0. The van der Waals surface area contributed by atoms with Gasteiger partial charge in [-0.3, -0.25) is 14.4 Å². The average Bonchev–Trinajstić information content (AvgIpc) is 3.20. The van der Waals surface area contributed by atoms with Crippen LogP contribution in [0.15, 0.2) is 12.5 Å². The largest absolute Gasteiger partial charge is 0.480 e. The van der Waals surface area contributed by atoms with Crippen LogP contribution in [-0.4, -0.2) is 75.4 Å². The number of hydrogen-bond acceptors (Lipinski definition) is 7. The van der Waals surface area contributed by atoms with E-state index in [1.807, 2.05) is 6.26 Å². The van der Waals surface area contributed by atoms with Crippen molar-refractivity contribution in [3.05, 3.63) is 18.2 Å². The number of amides is 3. The van der Waals surface area contributed by atoms with E-state index in [4.69, 9.17) is 10.8 Å². The molecule has 168 valence electrons. The van der Waals surface area contributed by atoms with Gasteiger partial charge in [-0.2, -0.15) is 11.8 Å².